The number of anilines is 1. The van der Waals surface area contributed by atoms with Gasteiger partial charge in [-0.15, -0.1) is 0 Å². The molecule has 16 heavy (non-hydrogen) atoms. The minimum atomic E-state index is 0.0511. The van der Waals surface area contributed by atoms with Crippen molar-refractivity contribution in [1.29, 1.82) is 0 Å². The number of carbonyl (C=O) groups is 1. The van der Waals surface area contributed by atoms with Crippen molar-refractivity contribution in [2.24, 2.45) is 0 Å². The Morgan fingerprint density at radius 3 is 2.81 bits per heavy atom. The molecule has 1 aromatic carbocycles. The highest BCUT2D eigenvalue weighted by Gasteiger charge is 2.01. The summed E-state index contributed by atoms with van der Waals surface area (Å²) >= 11 is 0. The average molecular weight is 221 g/mol. The number of carbonyl (C=O) groups excluding carboxylic acids is 1. The maximum Gasteiger partial charge on any atom is 0.224 e. The molecule has 0 saturated carbocycles. The van der Waals surface area contributed by atoms with E-state index in [4.69, 9.17) is 4.74 Å². The quantitative estimate of drug-likeness (QED) is 0.801. The number of nitrogens with one attached hydrogen (secondary N) is 1. The second kappa shape index (κ2) is 6.88. The molecule has 0 saturated heterocycles. The molecule has 0 aliphatic carbocycles. The van der Waals surface area contributed by atoms with Crippen molar-refractivity contribution >= 4 is 11.6 Å². The van der Waals surface area contributed by atoms with E-state index < -0.39 is 0 Å². The summed E-state index contributed by atoms with van der Waals surface area (Å²) in [6.07, 6.45) is 2.39. The predicted molar refractivity (Wildman–Crippen MR) is 65.8 cm³/mol. The second-order valence-corrected chi connectivity index (χ2v) is 3.67. The molecule has 0 fully saturated rings. The van der Waals surface area contributed by atoms with Gasteiger partial charge in [0.05, 0.1) is 6.61 Å². The van der Waals surface area contributed by atoms with E-state index in [0.717, 1.165) is 24.3 Å². The van der Waals surface area contributed by atoms with E-state index in [2.05, 4.69) is 12.2 Å². The van der Waals surface area contributed by atoms with E-state index in [1.54, 1.807) is 0 Å². The molecule has 0 atom stereocenters. The molecule has 0 heterocycles. The molecule has 3 heteroatoms. The van der Waals surface area contributed by atoms with Crippen molar-refractivity contribution in [2.75, 3.05) is 11.9 Å². The van der Waals surface area contributed by atoms with E-state index >= 15 is 0 Å². The van der Waals surface area contributed by atoms with Gasteiger partial charge in [-0.1, -0.05) is 19.9 Å². The maximum atomic E-state index is 11.4. The van der Waals surface area contributed by atoms with Gasteiger partial charge in [-0.05, 0) is 25.0 Å². The third kappa shape index (κ3) is 4.34. The highest BCUT2D eigenvalue weighted by molar-refractivity contribution is 5.90. The molecule has 88 valence electrons. The lowest BCUT2D eigenvalue weighted by Gasteiger charge is -2.08. The summed E-state index contributed by atoms with van der Waals surface area (Å²) in [7, 11) is 0. The highest BCUT2D eigenvalue weighted by Crippen LogP contribution is 2.17. The fourth-order valence-electron chi connectivity index (χ4n) is 1.33. The smallest absolute Gasteiger partial charge is 0.224 e. The lowest BCUT2D eigenvalue weighted by Crippen LogP contribution is -2.10. The summed E-state index contributed by atoms with van der Waals surface area (Å²) in [6, 6.07) is 7.49. The monoisotopic (exact) mass is 221 g/mol. The van der Waals surface area contributed by atoms with Crippen LogP contribution in [0.2, 0.25) is 0 Å². The number of ether oxygens (including phenoxy) is 1. The van der Waals surface area contributed by atoms with Gasteiger partial charge in [0.15, 0.2) is 0 Å². The average Bonchev–Trinajstić information content (AvgIpc) is 2.27. The van der Waals surface area contributed by atoms with E-state index in [1.165, 1.54) is 0 Å². The van der Waals surface area contributed by atoms with Crippen LogP contribution >= 0.6 is 0 Å². The van der Waals surface area contributed by atoms with Gasteiger partial charge in [0.25, 0.3) is 0 Å². The minimum Gasteiger partial charge on any atom is -0.494 e. The van der Waals surface area contributed by atoms with Gasteiger partial charge in [-0.3, -0.25) is 4.79 Å². The van der Waals surface area contributed by atoms with Crippen LogP contribution in [0.4, 0.5) is 5.69 Å². The topological polar surface area (TPSA) is 38.3 Å². The predicted octanol–water partition coefficient (Wildman–Crippen LogP) is 3.21. The van der Waals surface area contributed by atoms with Gasteiger partial charge >= 0.3 is 0 Å². The molecule has 3 nitrogen and oxygen atoms in total. The third-order valence-electron chi connectivity index (χ3n) is 2.07. The first-order valence-corrected chi connectivity index (χ1v) is 5.79. The number of hydrogen-bond acceptors (Lipinski definition) is 2. The van der Waals surface area contributed by atoms with Gasteiger partial charge in [-0.25, -0.2) is 0 Å². The van der Waals surface area contributed by atoms with Crippen LogP contribution in [0.3, 0.4) is 0 Å². The van der Waals surface area contributed by atoms with Crippen LogP contribution in [-0.4, -0.2) is 12.5 Å². The fourth-order valence-corrected chi connectivity index (χ4v) is 1.33. The molecule has 0 aromatic heterocycles. The standard InChI is InChI=1S/C13H19NO2/c1-3-6-13(15)14-11-7-5-8-12(10-11)16-9-4-2/h5,7-8,10H,3-4,6,9H2,1-2H3,(H,14,15). The van der Waals surface area contributed by atoms with Crippen LogP contribution in [-0.2, 0) is 4.79 Å². The zero-order valence-electron chi connectivity index (χ0n) is 9.95. The van der Waals surface area contributed by atoms with Crippen LogP contribution in [0.25, 0.3) is 0 Å². The van der Waals surface area contributed by atoms with Crippen LogP contribution < -0.4 is 10.1 Å². The van der Waals surface area contributed by atoms with E-state index in [-0.39, 0.29) is 5.91 Å². The molecule has 1 N–H and O–H groups in total. The van der Waals surface area contributed by atoms with Crippen LogP contribution in [0.1, 0.15) is 33.1 Å². The Labute approximate surface area is 96.8 Å². The van der Waals surface area contributed by atoms with Crippen molar-refractivity contribution in [3.63, 3.8) is 0 Å². The lowest BCUT2D eigenvalue weighted by atomic mass is 10.2. The number of hydrogen-bond donors (Lipinski definition) is 1. The molecule has 0 unspecified atom stereocenters. The summed E-state index contributed by atoms with van der Waals surface area (Å²) < 4.78 is 5.49. The molecule has 1 rings (SSSR count). The fraction of sp³-hybridized carbons (Fsp3) is 0.462. The Bertz CT molecular complexity index is 336. The van der Waals surface area contributed by atoms with E-state index in [9.17, 15) is 4.79 Å². The Morgan fingerprint density at radius 2 is 2.12 bits per heavy atom. The number of rotatable bonds is 6. The van der Waals surface area contributed by atoms with Crippen molar-refractivity contribution in [2.45, 2.75) is 33.1 Å². The summed E-state index contributed by atoms with van der Waals surface area (Å²) in [5, 5.41) is 2.84. The van der Waals surface area contributed by atoms with Gasteiger partial charge < -0.3 is 10.1 Å². The Morgan fingerprint density at radius 1 is 1.31 bits per heavy atom. The Hall–Kier alpha value is -1.51. The third-order valence-corrected chi connectivity index (χ3v) is 2.07. The molecular weight excluding hydrogens is 202 g/mol. The molecular formula is C13H19NO2. The molecule has 1 aromatic rings. The van der Waals surface area contributed by atoms with Crippen molar-refractivity contribution in [3.8, 4) is 5.75 Å². The Kier molecular flexibility index (Phi) is 5.40. The van der Waals surface area contributed by atoms with Gasteiger partial charge in [-0.2, -0.15) is 0 Å². The minimum absolute atomic E-state index is 0.0511. The molecule has 0 bridgehead atoms. The highest BCUT2D eigenvalue weighted by atomic mass is 16.5. The summed E-state index contributed by atoms with van der Waals surface area (Å²) in [5.41, 5.74) is 0.798. The normalized spacial score (nSPS) is 9.88. The van der Waals surface area contributed by atoms with Crippen LogP contribution in [0.5, 0.6) is 5.75 Å². The van der Waals surface area contributed by atoms with Crippen LogP contribution in [0, 0.1) is 0 Å². The first-order chi connectivity index (χ1) is 7.76. The van der Waals surface area contributed by atoms with Gasteiger partial charge in [0.2, 0.25) is 5.91 Å². The molecule has 0 radical (unpaired) electrons. The summed E-state index contributed by atoms with van der Waals surface area (Å²) in [5.74, 6) is 0.853. The second-order valence-electron chi connectivity index (χ2n) is 3.67. The largest absolute Gasteiger partial charge is 0.494 e. The van der Waals surface area contributed by atoms with Gasteiger partial charge in [0, 0.05) is 18.2 Å². The van der Waals surface area contributed by atoms with E-state index in [1.807, 2.05) is 31.2 Å². The number of benzene rings is 1. The molecule has 1 amide bonds. The first-order valence-electron chi connectivity index (χ1n) is 5.79. The SMILES string of the molecule is CCCOc1cccc(NC(=O)CCC)c1. The zero-order valence-corrected chi connectivity index (χ0v) is 9.95. The maximum absolute atomic E-state index is 11.4. The zero-order chi connectivity index (χ0) is 11.8. The summed E-state index contributed by atoms with van der Waals surface area (Å²) in [4.78, 5) is 11.4. The van der Waals surface area contributed by atoms with Crippen molar-refractivity contribution in [1.82, 2.24) is 0 Å². The Balaban J connectivity index is 2.56. The van der Waals surface area contributed by atoms with Gasteiger partial charge in [0.1, 0.15) is 5.75 Å². The molecule has 0 spiro atoms. The van der Waals surface area contributed by atoms with Crippen molar-refractivity contribution < 1.29 is 9.53 Å². The molecule has 0 aliphatic heterocycles. The lowest BCUT2D eigenvalue weighted by molar-refractivity contribution is -0.116. The summed E-state index contributed by atoms with van der Waals surface area (Å²) in [6.45, 7) is 4.75. The number of amides is 1. The first kappa shape index (κ1) is 12.6. The van der Waals surface area contributed by atoms with Crippen molar-refractivity contribution in [3.05, 3.63) is 24.3 Å². The van der Waals surface area contributed by atoms with E-state index in [0.29, 0.717) is 13.0 Å². The van der Waals surface area contributed by atoms with Crippen LogP contribution in [0.15, 0.2) is 24.3 Å². The molecule has 0 aliphatic rings.